The SMILES string of the molecule is CSc1cc2c(c3ccccc13)N(CC(=O)O)C(=CC=C(C)C=C1C(=O)N(CC(=O)O)C(=S)N1CCSc1ccccc1)S2. The number of allylic oxidation sites excluding steroid dienone is 4. The van der Waals surface area contributed by atoms with Gasteiger partial charge in [-0.3, -0.25) is 19.3 Å². The summed E-state index contributed by atoms with van der Waals surface area (Å²) in [7, 11) is 0. The molecule has 0 spiro atoms. The molecule has 2 heterocycles. The van der Waals surface area contributed by atoms with E-state index in [-0.39, 0.29) is 11.7 Å². The monoisotopic (exact) mass is 663 g/mol. The minimum absolute atomic E-state index is 0.161. The van der Waals surface area contributed by atoms with E-state index < -0.39 is 24.4 Å². The van der Waals surface area contributed by atoms with E-state index in [2.05, 4.69) is 6.07 Å². The topological polar surface area (TPSA) is 101 Å². The molecule has 0 bridgehead atoms. The molecule has 0 aliphatic carbocycles. The van der Waals surface area contributed by atoms with Gasteiger partial charge in [0.2, 0.25) is 0 Å². The lowest BCUT2D eigenvalue weighted by atomic mass is 10.1. The molecular formula is C32H29N3O5S4. The van der Waals surface area contributed by atoms with Crippen molar-refractivity contribution < 1.29 is 24.6 Å². The number of benzene rings is 3. The van der Waals surface area contributed by atoms with Gasteiger partial charge in [0.15, 0.2) is 5.11 Å². The van der Waals surface area contributed by atoms with Crippen LogP contribution in [0.25, 0.3) is 10.8 Å². The van der Waals surface area contributed by atoms with Gasteiger partial charge in [0.1, 0.15) is 18.8 Å². The minimum Gasteiger partial charge on any atom is -0.480 e. The largest absolute Gasteiger partial charge is 0.480 e. The lowest BCUT2D eigenvalue weighted by molar-refractivity contribution is -0.140. The van der Waals surface area contributed by atoms with Gasteiger partial charge in [0.05, 0.1) is 10.7 Å². The van der Waals surface area contributed by atoms with E-state index in [1.807, 2.05) is 84.8 Å². The Labute approximate surface area is 273 Å². The van der Waals surface area contributed by atoms with Crippen LogP contribution in [0.4, 0.5) is 5.69 Å². The van der Waals surface area contributed by atoms with Crippen LogP contribution in [0.3, 0.4) is 0 Å². The lowest BCUT2D eigenvalue weighted by Gasteiger charge is -2.20. The smallest absolute Gasteiger partial charge is 0.323 e. The van der Waals surface area contributed by atoms with Crippen molar-refractivity contribution in [2.45, 2.75) is 21.6 Å². The first-order valence-electron chi connectivity index (χ1n) is 13.6. The summed E-state index contributed by atoms with van der Waals surface area (Å²) in [5.41, 5.74) is 1.89. The van der Waals surface area contributed by atoms with Gasteiger partial charge in [-0.05, 0) is 66.7 Å². The molecule has 1 saturated heterocycles. The molecule has 1 fully saturated rings. The molecule has 44 heavy (non-hydrogen) atoms. The normalized spacial score (nSPS) is 17.0. The van der Waals surface area contributed by atoms with Crippen molar-refractivity contribution in [3.63, 3.8) is 0 Å². The Morgan fingerprint density at radius 1 is 0.955 bits per heavy atom. The number of nitrogens with zero attached hydrogens (tertiary/aromatic N) is 3. The number of fused-ring (bicyclic) bond motifs is 3. The van der Waals surface area contributed by atoms with Crippen molar-refractivity contribution in [1.29, 1.82) is 0 Å². The van der Waals surface area contributed by atoms with E-state index in [0.29, 0.717) is 18.0 Å². The number of carboxylic acids is 2. The molecule has 0 saturated carbocycles. The summed E-state index contributed by atoms with van der Waals surface area (Å²) in [6.45, 7) is 1.54. The van der Waals surface area contributed by atoms with Crippen molar-refractivity contribution in [1.82, 2.24) is 9.80 Å². The molecule has 5 rings (SSSR count). The predicted octanol–water partition coefficient (Wildman–Crippen LogP) is 6.54. The van der Waals surface area contributed by atoms with Gasteiger partial charge in [-0.15, -0.1) is 23.5 Å². The van der Waals surface area contributed by atoms with Crippen LogP contribution in [0, 0.1) is 0 Å². The number of amides is 1. The summed E-state index contributed by atoms with van der Waals surface area (Å²) >= 11 is 10.3. The van der Waals surface area contributed by atoms with Crippen molar-refractivity contribution in [2.24, 2.45) is 0 Å². The maximum absolute atomic E-state index is 13.3. The number of carbonyl (C=O) groups excluding carboxylic acids is 1. The molecule has 3 aromatic rings. The first-order chi connectivity index (χ1) is 21.2. The van der Waals surface area contributed by atoms with Crippen molar-refractivity contribution >= 4 is 86.9 Å². The van der Waals surface area contributed by atoms with E-state index in [1.165, 1.54) is 11.8 Å². The molecule has 0 atom stereocenters. The molecular weight excluding hydrogens is 635 g/mol. The van der Waals surface area contributed by atoms with Crippen LogP contribution in [0.15, 0.2) is 110 Å². The summed E-state index contributed by atoms with van der Waals surface area (Å²) in [4.78, 5) is 44.5. The van der Waals surface area contributed by atoms with Crippen LogP contribution >= 0.6 is 47.5 Å². The first-order valence-corrected chi connectivity index (χ1v) is 17.0. The Bertz CT molecular complexity index is 1740. The van der Waals surface area contributed by atoms with E-state index in [1.54, 1.807) is 34.5 Å². The number of hydrogen-bond donors (Lipinski definition) is 2. The van der Waals surface area contributed by atoms with E-state index in [4.69, 9.17) is 12.2 Å². The zero-order chi connectivity index (χ0) is 31.4. The van der Waals surface area contributed by atoms with E-state index in [0.717, 1.165) is 46.6 Å². The Hall–Kier alpha value is -3.71. The number of thiocarbonyl (C=S) groups is 1. The Kier molecular flexibility index (Phi) is 10.0. The highest BCUT2D eigenvalue weighted by Gasteiger charge is 2.38. The lowest BCUT2D eigenvalue weighted by Crippen LogP contribution is -2.37. The molecule has 3 aromatic carbocycles. The highest BCUT2D eigenvalue weighted by atomic mass is 32.2. The number of rotatable bonds is 11. The van der Waals surface area contributed by atoms with Gasteiger partial charge in [-0.2, -0.15) is 0 Å². The summed E-state index contributed by atoms with van der Waals surface area (Å²) in [6.07, 6.45) is 7.42. The van der Waals surface area contributed by atoms with Crippen molar-refractivity contribution in [3.05, 3.63) is 95.2 Å². The van der Waals surface area contributed by atoms with Gasteiger partial charge >= 0.3 is 11.9 Å². The summed E-state index contributed by atoms with van der Waals surface area (Å²) in [6, 6.07) is 20.0. The third-order valence-corrected chi connectivity index (χ3v) is 10.2. The van der Waals surface area contributed by atoms with Crippen molar-refractivity contribution in [2.75, 3.05) is 36.5 Å². The fraction of sp³-hybridized carbons (Fsp3) is 0.188. The second-order valence-electron chi connectivity index (χ2n) is 9.88. The van der Waals surface area contributed by atoms with Crippen LogP contribution in [-0.2, 0) is 14.4 Å². The predicted molar refractivity (Wildman–Crippen MR) is 182 cm³/mol. The average molecular weight is 664 g/mol. The average Bonchev–Trinajstić information content (AvgIpc) is 3.45. The maximum Gasteiger partial charge on any atom is 0.323 e. The zero-order valence-corrected chi connectivity index (χ0v) is 27.2. The third-order valence-electron chi connectivity index (χ3n) is 6.90. The summed E-state index contributed by atoms with van der Waals surface area (Å²) in [5.74, 6) is -1.93. The standard InChI is InChI=1S/C32H29N3O5S4/c1-20(16-24-31(40)35(19-29(38)39)32(41)33(24)14-15-43-21-8-4-3-5-9-21)12-13-27-34(18-28(36)37)30-23-11-7-6-10-22(23)25(42-2)17-26(30)44-27/h3-13,16-17H,14-15,18-19H2,1-2H3,(H,36,37)(H,38,39). The fourth-order valence-electron chi connectivity index (χ4n) is 4.98. The second kappa shape index (κ2) is 13.9. The number of anilines is 1. The molecule has 12 heteroatoms. The number of aliphatic carboxylic acids is 2. The number of hydrogen-bond acceptors (Lipinski definition) is 8. The fourth-order valence-corrected chi connectivity index (χ4v) is 8.00. The summed E-state index contributed by atoms with van der Waals surface area (Å²) < 4.78 is 0. The summed E-state index contributed by atoms with van der Waals surface area (Å²) in [5, 5.41) is 22.1. The zero-order valence-electron chi connectivity index (χ0n) is 23.9. The Morgan fingerprint density at radius 2 is 1.61 bits per heavy atom. The van der Waals surface area contributed by atoms with Crippen LogP contribution in [0.1, 0.15) is 6.92 Å². The molecule has 0 radical (unpaired) electrons. The molecule has 0 aromatic heterocycles. The van der Waals surface area contributed by atoms with Gasteiger partial charge in [0, 0.05) is 32.4 Å². The molecule has 2 aliphatic rings. The third kappa shape index (κ3) is 6.83. The highest BCUT2D eigenvalue weighted by Crippen LogP contribution is 2.51. The van der Waals surface area contributed by atoms with E-state index >= 15 is 0 Å². The van der Waals surface area contributed by atoms with Crippen LogP contribution < -0.4 is 4.90 Å². The van der Waals surface area contributed by atoms with Crippen LogP contribution in [0.2, 0.25) is 0 Å². The molecule has 2 N–H and O–H groups in total. The Balaban J connectivity index is 1.45. The van der Waals surface area contributed by atoms with Gasteiger partial charge in [-0.1, -0.05) is 60.3 Å². The molecule has 226 valence electrons. The van der Waals surface area contributed by atoms with E-state index in [9.17, 15) is 24.6 Å². The quantitative estimate of drug-likeness (QED) is 0.133. The van der Waals surface area contributed by atoms with Crippen molar-refractivity contribution in [3.8, 4) is 0 Å². The number of carbonyl (C=O) groups is 3. The highest BCUT2D eigenvalue weighted by molar-refractivity contribution is 8.04. The van der Waals surface area contributed by atoms with Gasteiger partial charge in [-0.25, -0.2) is 0 Å². The molecule has 2 aliphatic heterocycles. The van der Waals surface area contributed by atoms with Gasteiger partial charge in [0.25, 0.3) is 5.91 Å². The second-order valence-corrected chi connectivity index (χ2v) is 13.3. The molecule has 8 nitrogen and oxygen atoms in total. The number of carboxylic acid groups (broad SMARTS) is 2. The molecule has 0 unspecified atom stereocenters. The van der Waals surface area contributed by atoms with Crippen LogP contribution in [-0.4, -0.2) is 74.6 Å². The Morgan fingerprint density at radius 3 is 2.30 bits per heavy atom. The van der Waals surface area contributed by atoms with Crippen LogP contribution in [0.5, 0.6) is 0 Å². The molecule has 1 amide bonds. The van der Waals surface area contributed by atoms with Gasteiger partial charge < -0.3 is 20.0 Å². The maximum atomic E-state index is 13.3. The minimum atomic E-state index is -1.15. The number of thioether (sulfide) groups is 3. The first kappa shape index (κ1) is 31.7.